The van der Waals surface area contributed by atoms with E-state index in [1.54, 1.807) is 23.7 Å². The number of rotatable bonds is 3. The summed E-state index contributed by atoms with van der Waals surface area (Å²) in [6.07, 6.45) is 0.248. The predicted molar refractivity (Wildman–Crippen MR) is 64.7 cm³/mol. The third-order valence-corrected chi connectivity index (χ3v) is 2.82. The summed E-state index contributed by atoms with van der Waals surface area (Å²) in [7, 11) is 1.74. The smallest absolute Gasteiger partial charge is 0.320 e. The Hall–Kier alpha value is -2.39. The number of fused-ring (bicyclic) bond motifs is 1. The van der Waals surface area contributed by atoms with E-state index in [9.17, 15) is 4.79 Å². The molecule has 92 valence electrons. The second-order valence-corrected chi connectivity index (χ2v) is 4.08. The van der Waals surface area contributed by atoms with Crippen LogP contribution in [0.25, 0.3) is 11.0 Å². The summed E-state index contributed by atoms with van der Waals surface area (Å²) >= 11 is 0. The van der Waals surface area contributed by atoms with E-state index < -0.39 is 12.0 Å². The molecule has 2 aromatic rings. The van der Waals surface area contributed by atoms with E-state index in [2.05, 4.69) is 4.98 Å². The summed E-state index contributed by atoms with van der Waals surface area (Å²) in [4.78, 5) is 14.8. The normalized spacial score (nSPS) is 12.3. The van der Waals surface area contributed by atoms with Crippen molar-refractivity contribution in [2.24, 2.45) is 12.8 Å². The number of aliphatic carboxylic acids is 1. The molecule has 1 atom stereocenters. The van der Waals surface area contributed by atoms with Crippen LogP contribution in [0.2, 0.25) is 0 Å². The first kappa shape index (κ1) is 12.1. The van der Waals surface area contributed by atoms with Crippen molar-refractivity contribution in [1.29, 1.82) is 5.26 Å². The highest BCUT2D eigenvalue weighted by molar-refractivity contribution is 5.78. The Balaban J connectivity index is 2.41. The minimum absolute atomic E-state index is 0.248. The summed E-state index contributed by atoms with van der Waals surface area (Å²) in [5.74, 6) is -0.706. The van der Waals surface area contributed by atoms with Gasteiger partial charge in [0, 0.05) is 7.05 Å². The van der Waals surface area contributed by atoms with Crippen LogP contribution in [0.1, 0.15) is 11.4 Å². The Morgan fingerprint density at radius 1 is 1.67 bits per heavy atom. The van der Waals surface area contributed by atoms with Crippen LogP contribution < -0.4 is 5.73 Å². The molecule has 0 unspecified atom stereocenters. The summed E-state index contributed by atoms with van der Waals surface area (Å²) in [5.41, 5.74) is 7.80. The second kappa shape index (κ2) is 4.47. The predicted octanol–water partition coefficient (Wildman–Crippen LogP) is 0.399. The van der Waals surface area contributed by atoms with Crippen LogP contribution in [-0.2, 0) is 18.3 Å². The Kier molecular flexibility index (Phi) is 3.00. The highest BCUT2D eigenvalue weighted by Gasteiger charge is 2.13. The molecule has 0 aliphatic carbocycles. The molecule has 6 nitrogen and oxygen atoms in total. The van der Waals surface area contributed by atoms with Crippen LogP contribution in [0.3, 0.4) is 0 Å². The molecule has 0 spiro atoms. The highest BCUT2D eigenvalue weighted by atomic mass is 16.4. The van der Waals surface area contributed by atoms with E-state index in [1.807, 2.05) is 12.1 Å². The van der Waals surface area contributed by atoms with Crippen molar-refractivity contribution in [2.75, 3.05) is 0 Å². The zero-order valence-electron chi connectivity index (χ0n) is 9.79. The molecule has 0 fully saturated rings. The largest absolute Gasteiger partial charge is 0.480 e. The van der Waals surface area contributed by atoms with Crippen LogP contribution in [0, 0.1) is 11.3 Å². The molecule has 0 aliphatic heterocycles. The molecule has 1 heterocycles. The van der Waals surface area contributed by atoms with Crippen molar-refractivity contribution < 1.29 is 9.90 Å². The lowest BCUT2D eigenvalue weighted by molar-refractivity contribution is -0.138. The number of carbonyl (C=O) groups is 1. The molecule has 18 heavy (non-hydrogen) atoms. The van der Waals surface area contributed by atoms with Gasteiger partial charge in [0.15, 0.2) is 0 Å². The SMILES string of the molecule is Cn1c(C#N)nc2ccc(C[C@H](N)C(=O)O)cc21. The molecule has 0 bridgehead atoms. The molecule has 0 aliphatic rings. The van der Waals surface area contributed by atoms with E-state index in [1.165, 1.54) is 0 Å². The van der Waals surface area contributed by atoms with Crippen LogP contribution in [0.4, 0.5) is 0 Å². The standard InChI is InChI=1S/C12H12N4O2/c1-16-10-5-7(4-8(14)12(17)18)2-3-9(10)15-11(16)6-13/h2-3,5,8H,4,14H2,1H3,(H,17,18)/t8-/m0/s1. The fourth-order valence-electron chi connectivity index (χ4n) is 1.80. The van der Waals surface area contributed by atoms with Crippen LogP contribution in [-0.4, -0.2) is 26.7 Å². The third kappa shape index (κ3) is 2.04. The molecule has 6 heteroatoms. The molecule has 0 radical (unpaired) electrons. The number of aromatic nitrogens is 2. The number of benzene rings is 1. The Morgan fingerprint density at radius 3 is 3.00 bits per heavy atom. The van der Waals surface area contributed by atoms with Gasteiger partial charge in [-0.3, -0.25) is 4.79 Å². The lowest BCUT2D eigenvalue weighted by atomic mass is 10.1. The number of nitrogens with zero attached hydrogens (tertiary/aromatic N) is 3. The number of aryl methyl sites for hydroxylation is 1. The van der Waals surface area contributed by atoms with Gasteiger partial charge >= 0.3 is 5.97 Å². The lowest BCUT2D eigenvalue weighted by Gasteiger charge is -2.06. The molecule has 3 N–H and O–H groups in total. The maximum atomic E-state index is 10.7. The Morgan fingerprint density at radius 2 is 2.39 bits per heavy atom. The Labute approximate surface area is 103 Å². The molecule has 2 rings (SSSR count). The van der Waals surface area contributed by atoms with Gasteiger partial charge in [-0.2, -0.15) is 5.26 Å². The molecule has 1 aromatic heterocycles. The summed E-state index contributed by atoms with van der Waals surface area (Å²) in [5, 5.41) is 17.6. The Bertz CT molecular complexity index is 654. The van der Waals surface area contributed by atoms with Crippen molar-refractivity contribution in [1.82, 2.24) is 9.55 Å². The van der Waals surface area contributed by atoms with E-state index in [0.717, 1.165) is 11.1 Å². The van der Waals surface area contributed by atoms with E-state index >= 15 is 0 Å². The summed E-state index contributed by atoms with van der Waals surface area (Å²) in [6, 6.07) is 6.42. The van der Waals surface area contributed by atoms with Gasteiger partial charge in [-0.1, -0.05) is 6.07 Å². The molecule has 0 saturated heterocycles. The van der Waals surface area contributed by atoms with Crippen molar-refractivity contribution >= 4 is 17.0 Å². The van der Waals surface area contributed by atoms with Gasteiger partial charge in [0.2, 0.25) is 5.82 Å². The van der Waals surface area contributed by atoms with E-state index in [4.69, 9.17) is 16.1 Å². The zero-order valence-corrected chi connectivity index (χ0v) is 9.79. The average Bonchev–Trinajstić information content (AvgIpc) is 2.66. The van der Waals surface area contributed by atoms with Crippen molar-refractivity contribution in [3.05, 3.63) is 29.6 Å². The van der Waals surface area contributed by atoms with E-state index in [-0.39, 0.29) is 6.42 Å². The fourth-order valence-corrected chi connectivity index (χ4v) is 1.80. The lowest BCUT2D eigenvalue weighted by Crippen LogP contribution is -2.32. The van der Waals surface area contributed by atoms with Gasteiger partial charge in [-0.15, -0.1) is 0 Å². The van der Waals surface area contributed by atoms with Crippen molar-refractivity contribution in [3.8, 4) is 6.07 Å². The van der Waals surface area contributed by atoms with Gasteiger partial charge in [0.25, 0.3) is 0 Å². The number of nitriles is 1. The van der Waals surface area contributed by atoms with E-state index in [0.29, 0.717) is 11.3 Å². The average molecular weight is 244 g/mol. The minimum atomic E-state index is -1.03. The van der Waals surface area contributed by atoms with Gasteiger partial charge in [0.05, 0.1) is 11.0 Å². The number of hydrogen-bond acceptors (Lipinski definition) is 4. The minimum Gasteiger partial charge on any atom is -0.480 e. The number of hydrogen-bond donors (Lipinski definition) is 2. The first-order valence-corrected chi connectivity index (χ1v) is 5.36. The molecule has 1 aromatic carbocycles. The maximum Gasteiger partial charge on any atom is 0.320 e. The maximum absolute atomic E-state index is 10.7. The number of nitrogens with two attached hydrogens (primary N) is 1. The monoisotopic (exact) mass is 244 g/mol. The van der Waals surface area contributed by atoms with Crippen LogP contribution in [0.15, 0.2) is 18.2 Å². The number of imidazole rings is 1. The quantitative estimate of drug-likeness (QED) is 0.813. The van der Waals surface area contributed by atoms with Crippen LogP contribution >= 0.6 is 0 Å². The molecule has 0 amide bonds. The highest BCUT2D eigenvalue weighted by Crippen LogP contribution is 2.17. The summed E-state index contributed by atoms with van der Waals surface area (Å²) < 4.78 is 1.67. The first-order chi connectivity index (χ1) is 8.52. The molecular weight excluding hydrogens is 232 g/mol. The van der Waals surface area contributed by atoms with Crippen molar-refractivity contribution in [3.63, 3.8) is 0 Å². The first-order valence-electron chi connectivity index (χ1n) is 5.36. The fraction of sp³-hybridized carbons (Fsp3) is 0.250. The molecular formula is C12H12N4O2. The van der Waals surface area contributed by atoms with Gasteiger partial charge in [-0.05, 0) is 24.1 Å². The van der Waals surface area contributed by atoms with Gasteiger partial charge < -0.3 is 15.4 Å². The topological polar surface area (TPSA) is 105 Å². The number of carboxylic acids is 1. The van der Waals surface area contributed by atoms with Crippen molar-refractivity contribution in [2.45, 2.75) is 12.5 Å². The molecule has 0 saturated carbocycles. The van der Waals surface area contributed by atoms with Crippen LogP contribution in [0.5, 0.6) is 0 Å². The second-order valence-electron chi connectivity index (χ2n) is 4.08. The third-order valence-electron chi connectivity index (χ3n) is 2.82. The van der Waals surface area contributed by atoms with Gasteiger partial charge in [-0.25, -0.2) is 4.98 Å². The zero-order chi connectivity index (χ0) is 13.3. The summed E-state index contributed by atoms with van der Waals surface area (Å²) in [6.45, 7) is 0. The number of carboxylic acid groups (broad SMARTS) is 1. The van der Waals surface area contributed by atoms with Gasteiger partial charge in [0.1, 0.15) is 12.1 Å².